The van der Waals surface area contributed by atoms with E-state index in [2.05, 4.69) is 35.0 Å². The molecular weight excluding hydrogens is 300 g/mol. The van der Waals surface area contributed by atoms with Gasteiger partial charge in [0.2, 0.25) is 5.13 Å². The number of hydrogen-bond donors (Lipinski definition) is 0. The summed E-state index contributed by atoms with van der Waals surface area (Å²) in [4.78, 5) is 17.4. The summed E-state index contributed by atoms with van der Waals surface area (Å²) in [6.07, 6.45) is 0.873. The third kappa shape index (κ3) is 2.81. The van der Waals surface area contributed by atoms with Crippen LogP contribution in [0.1, 0.15) is 37.7 Å². The Morgan fingerprint density at radius 3 is 2.73 bits per heavy atom. The molecule has 2 heterocycles. The maximum absolute atomic E-state index is 10.9. The van der Waals surface area contributed by atoms with Crippen LogP contribution in [0.4, 0.5) is 10.8 Å². The van der Waals surface area contributed by atoms with E-state index >= 15 is 0 Å². The summed E-state index contributed by atoms with van der Waals surface area (Å²) in [6.45, 7) is 7.79. The van der Waals surface area contributed by atoms with Gasteiger partial charge in [0, 0.05) is 42.2 Å². The van der Waals surface area contributed by atoms with Crippen molar-refractivity contribution in [3.05, 3.63) is 45.3 Å². The summed E-state index contributed by atoms with van der Waals surface area (Å²) < 4.78 is 4.45. The lowest BCUT2D eigenvalue weighted by atomic mass is 9.96. The smallest absolute Gasteiger partial charge is 0.269 e. The zero-order chi connectivity index (χ0) is 15.9. The van der Waals surface area contributed by atoms with Gasteiger partial charge < -0.3 is 4.90 Å². The summed E-state index contributed by atoms with van der Waals surface area (Å²) in [5, 5.41) is 11.8. The van der Waals surface area contributed by atoms with Crippen LogP contribution >= 0.6 is 11.5 Å². The van der Waals surface area contributed by atoms with Gasteiger partial charge in [-0.15, -0.1) is 0 Å². The first-order chi connectivity index (χ1) is 10.3. The highest BCUT2D eigenvalue weighted by molar-refractivity contribution is 7.09. The summed E-state index contributed by atoms with van der Waals surface area (Å²) >= 11 is 1.40. The average molecular weight is 318 g/mol. The lowest BCUT2D eigenvalue weighted by Crippen LogP contribution is -2.30. The van der Waals surface area contributed by atoms with Crippen molar-refractivity contribution in [3.8, 4) is 0 Å². The SMILES string of the molecule is CC(C)(C)c1nsc(N2CCc3ccc([N+](=O)[O-])cc3C2)n1. The standard InChI is InChI=1S/C15H18N4O2S/c1-15(2,3)13-16-14(22-17-13)18-7-6-10-4-5-12(19(20)21)8-11(10)9-18/h4-5,8H,6-7,9H2,1-3H3. The first kappa shape index (κ1) is 14.9. The largest absolute Gasteiger partial charge is 0.342 e. The number of anilines is 1. The number of nitro groups is 1. The van der Waals surface area contributed by atoms with Crippen molar-refractivity contribution in [2.75, 3.05) is 11.4 Å². The minimum Gasteiger partial charge on any atom is -0.342 e. The number of fused-ring (bicyclic) bond motifs is 1. The summed E-state index contributed by atoms with van der Waals surface area (Å²) in [5.41, 5.74) is 2.27. The van der Waals surface area contributed by atoms with Crippen LogP contribution in [0.15, 0.2) is 18.2 Å². The van der Waals surface area contributed by atoms with Gasteiger partial charge in [-0.3, -0.25) is 10.1 Å². The number of nitro benzene ring substituents is 1. The molecule has 3 rings (SSSR count). The highest BCUT2D eigenvalue weighted by Crippen LogP contribution is 2.30. The molecule has 0 amide bonds. The number of non-ortho nitro benzene ring substituents is 1. The molecule has 2 aromatic rings. The summed E-state index contributed by atoms with van der Waals surface area (Å²) in [5.74, 6) is 0.845. The molecular formula is C15H18N4O2S. The molecule has 0 saturated heterocycles. The molecule has 0 saturated carbocycles. The Hall–Kier alpha value is -2.02. The average Bonchev–Trinajstić information content (AvgIpc) is 2.96. The van der Waals surface area contributed by atoms with Crippen LogP contribution in [0.5, 0.6) is 0 Å². The molecule has 0 spiro atoms. The Labute approximate surface area is 133 Å². The molecule has 0 bridgehead atoms. The fourth-order valence-corrected chi connectivity index (χ4v) is 3.35. The zero-order valence-electron chi connectivity index (χ0n) is 12.9. The predicted octanol–water partition coefficient (Wildman–Crippen LogP) is 3.31. The van der Waals surface area contributed by atoms with Crippen molar-refractivity contribution >= 4 is 22.4 Å². The number of hydrogen-bond acceptors (Lipinski definition) is 6. The van der Waals surface area contributed by atoms with Gasteiger partial charge in [-0.05, 0) is 17.5 Å². The molecule has 6 nitrogen and oxygen atoms in total. The van der Waals surface area contributed by atoms with Gasteiger partial charge in [0.05, 0.1) is 4.92 Å². The maximum atomic E-state index is 10.9. The number of aromatic nitrogens is 2. The molecule has 0 unspecified atom stereocenters. The Bertz CT molecular complexity index is 721. The van der Waals surface area contributed by atoms with Gasteiger partial charge in [0.15, 0.2) is 0 Å². The van der Waals surface area contributed by atoms with E-state index in [0.717, 1.165) is 29.5 Å². The second-order valence-electron chi connectivity index (χ2n) is 6.53. The highest BCUT2D eigenvalue weighted by Gasteiger charge is 2.24. The van der Waals surface area contributed by atoms with Crippen LogP contribution in [-0.4, -0.2) is 20.8 Å². The van der Waals surface area contributed by atoms with E-state index in [1.165, 1.54) is 17.1 Å². The second-order valence-corrected chi connectivity index (χ2v) is 7.26. The highest BCUT2D eigenvalue weighted by atomic mass is 32.1. The fraction of sp³-hybridized carbons (Fsp3) is 0.467. The minimum atomic E-state index is -0.345. The van der Waals surface area contributed by atoms with Crippen LogP contribution in [0.2, 0.25) is 0 Å². The molecule has 116 valence electrons. The number of nitrogens with zero attached hydrogens (tertiary/aromatic N) is 4. The predicted molar refractivity (Wildman–Crippen MR) is 86.5 cm³/mol. The topological polar surface area (TPSA) is 72.2 Å². The molecule has 1 aromatic carbocycles. The monoisotopic (exact) mass is 318 g/mol. The molecule has 1 aromatic heterocycles. The van der Waals surface area contributed by atoms with Crippen LogP contribution in [0.3, 0.4) is 0 Å². The van der Waals surface area contributed by atoms with Gasteiger partial charge in [0.1, 0.15) is 5.82 Å². The molecule has 0 fully saturated rings. The van der Waals surface area contributed by atoms with E-state index in [1.807, 2.05) is 6.07 Å². The second kappa shape index (κ2) is 5.31. The van der Waals surface area contributed by atoms with E-state index in [1.54, 1.807) is 12.1 Å². The van der Waals surface area contributed by atoms with Crippen molar-refractivity contribution in [2.45, 2.75) is 39.2 Å². The molecule has 0 radical (unpaired) electrons. The Balaban J connectivity index is 1.86. The molecule has 0 aliphatic carbocycles. The van der Waals surface area contributed by atoms with Crippen molar-refractivity contribution in [2.24, 2.45) is 0 Å². The Morgan fingerprint density at radius 1 is 1.32 bits per heavy atom. The molecule has 0 atom stereocenters. The summed E-state index contributed by atoms with van der Waals surface area (Å²) in [7, 11) is 0. The van der Waals surface area contributed by atoms with E-state index in [4.69, 9.17) is 0 Å². The molecule has 7 heteroatoms. The molecule has 0 N–H and O–H groups in total. The molecule has 1 aliphatic rings. The Kier molecular flexibility index (Phi) is 3.60. The number of benzene rings is 1. The van der Waals surface area contributed by atoms with Gasteiger partial charge in [0.25, 0.3) is 5.69 Å². The van der Waals surface area contributed by atoms with Gasteiger partial charge in [-0.25, -0.2) is 4.98 Å². The first-order valence-corrected chi connectivity index (χ1v) is 7.97. The number of rotatable bonds is 2. The van der Waals surface area contributed by atoms with E-state index in [-0.39, 0.29) is 16.0 Å². The first-order valence-electron chi connectivity index (χ1n) is 7.20. The van der Waals surface area contributed by atoms with Gasteiger partial charge in [-0.2, -0.15) is 4.37 Å². The fourth-order valence-electron chi connectivity index (χ4n) is 2.47. The molecule has 22 heavy (non-hydrogen) atoms. The van der Waals surface area contributed by atoms with Crippen LogP contribution < -0.4 is 4.90 Å². The summed E-state index contributed by atoms with van der Waals surface area (Å²) in [6, 6.07) is 5.12. The minimum absolute atomic E-state index is 0.0682. The van der Waals surface area contributed by atoms with E-state index < -0.39 is 0 Å². The maximum Gasteiger partial charge on any atom is 0.269 e. The van der Waals surface area contributed by atoms with Crippen molar-refractivity contribution in [1.82, 2.24) is 9.36 Å². The van der Waals surface area contributed by atoms with Crippen LogP contribution in [-0.2, 0) is 18.4 Å². The van der Waals surface area contributed by atoms with E-state index in [0.29, 0.717) is 6.54 Å². The van der Waals surface area contributed by atoms with Crippen molar-refractivity contribution in [3.63, 3.8) is 0 Å². The lowest BCUT2D eigenvalue weighted by Gasteiger charge is -2.28. The van der Waals surface area contributed by atoms with Crippen LogP contribution in [0.25, 0.3) is 0 Å². The third-order valence-corrected chi connectivity index (χ3v) is 4.55. The quantitative estimate of drug-likeness (QED) is 0.627. The Morgan fingerprint density at radius 2 is 2.09 bits per heavy atom. The van der Waals surface area contributed by atoms with Gasteiger partial charge in [-0.1, -0.05) is 26.8 Å². The van der Waals surface area contributed by atoms with E-state index in [9.17, 15) is 10.1 Å². The van der Waals surface area contributed by atoms with Crippen molar-refractivity contribution in [1.29, 1.82) is 0 Å². The zero-order valence-corrected chi connectivity index (χ0v) is 13.7. The van der Waals surface area contributed by atoms with Crippen LogP contribution in [0, 0.1) is 10.1 Å². The van der Waals surface area contributed by atoms with Crippen molar-refractivity contribution < 1.29 is 4.92 Å². The normalized spacial score (nSPS) is 14.8. The molecule has 1 aliphatic heterocycles. The third-order valence-electron chi connectivity index (χ3n) is 3.77. The van der Waals surface area contributed by atoms with Gasteiger partial charge >= 0.3 is 0 Å². The lowest BCUT2D eigenvalue weighted by molar-refractivity contribution is -0.384.